The Labute approximate surface area is 37.5 Å². The van der Waals surface area contributed by atoms with Gasteiger partial charge < -0.3 is 0 Å². The monoisotopic (exact) mass is 128 g/mol. The van der Waals surface area contributed by atoms with E-state index < -0.39 is 7.22 Å². The summed E-state index contributed by atoms with van der Waals surface area (Å²) in [6.45, 7) is 0. The molecule has 1 aliphatic rings. The lowest BCUT2D eigenvalue weighted by Gasteiger charge is -2.06. The van der Waals surface area contributed by atoms with Crippen molar-refractivity contribution in [3.8, 4) is 0 Å². The number of hydrogen-bond acceptors (Lipinski definition) is 2. The fraction of sp³-hybridized carbons (Fsp3) is 0. The summed E-state index contributed by atoms with van der Waals surface area (Å²) in [4.78, 5) is 2.94. The van der Waals surface area contributed by atoms with Crippen LogP contribution in [0.1, 0.15) is 0 Å². The van der Waals surface area contributed by atoms with Crippen LogP contribution in [0.25, 0.3) is 0 Å². The number of rotatable bonds is 0. The number of hydrogen-bond donors (Lipinski definition) is 1. The molecule has 0 bridgehead atoms. The molecular formula is H3ClN2P2. The molecule has 0 aliphatic carbocycles. The van der Waals surface area contributed by atoms with Crippen molar-refractivity contribution in [3.63, 3.8) is 0 Å². The molecular weight excluding hydrogens is 125 g/mol. The first kappa shape index (κ1) is 4.08. The first-order valence-corrected chi connectivity index (χ1v) is 4.54. The largest absolute Gasteiger partial charge is 0.239 e. The van der Waals surface area contributed by atoms with Crippen molar-refractivity contribution in [2.24, 2.45) is 4.52 Å². The zero-order valence-electron chi connectivity index (χ0n) is 2.33. The van der Waals surface area contributed by atoms with Crippen LogP contribution in [0.4, 0.5) is 0 Å². The molecule has 0 spiro atoms. The molecule has 0 saturated heterocycles. The molecule has 0 aromatic heterocycles. The van der Waals surface area contributed by atoms with Crippen LogP contribution in [0.3, 0.4) is 0 Å². The van der Waals surface area contributed by atoms with E-state index in [-0.39, 0.29) is 0 Å². The normalized spacial score (nSPS) is 39.8. The zero-order chi connectivity index (χ0) is 3.70. The zero-order valence-corrected chi connectivity index (χ0v) is 5.08. The van der Waals surface area contributed by atoms with Gasteiger partial charge in [0.15, 0.2) is 0 Å². The van der Waals surface area contributed by atoms with Gasteiger partial charge in [-0.2, -0.15) is 0 Å². The SMILES string of the molecule is Cl[PH]1=NPN1. The van der Waals surface area contributed by atoms with Gasteiger partial charge in [-0.1, -0.05) is 11.2 Å². The van der Waals surface area contributed by atoms with Crippen molar-refractivity contribution in [2.45, 2.75) is 0 Å². The summed E-state index contributed by atoms with van der Waals surface area (Å²) in [5.74, 6) is 0. The Balaban J connectivity index is 2.51. The Bertz CT molecular complexity index is 68.0. The maximum Gasteiger partial charge on any atom is 0.112 e. The summed E-state index contributed by atoms with van der Waals surface area (Å²) in [6, 6.07) is 0. The molecule has 0 radical (unpaired) electrons. The van der Waals surface area contributed by atoms with Crippen LogP contribution in [0.5, 0.6) is 0 Å². The molecule has 0 amide bonds. The summed E-state index contributed by atoms with van der Waals surface area (Å²) in [7, 11) is -0.244. The van der Waals surface area contributed by atoms with E-state index in [4.69, 9.17) is 11.2 Å². The second kappa shape index (κ2) is 1.57. The maximum atomic E-state index is 5.38. The van der Waals surface area contributed by atoms with E-state index in [1.807, 2.05) is 0 Å². The lowest BCUT2D eigenvalue weighted by atomic mass is 13.8. The number of halogens is 1. The molecule has 5 heavy (non-hydrogen) atoms. The lowest BCUT2D eigenvalue weighted by Crippen LogP contribution is -1.83. The fourth-order valence-corrected chi connectivity index (χ4v) is 1.64. The molecule has 30 valence electrons. The summed E-state index contributed by atoms with van der Waals surface area (Å²) in [6.07, 6.45) is 0. The number of nitrogens with zero attached hydrogens (tertiary/aromatic N) is 1. The van der Waals surface area contributed by atoms with E-state index in [0.29, 0.717) is 8.88 Å². The highest BCUT2D eigenvalue weighted by atomic mass is 35.7. The number of nitrogens with one attached hydrogen (secondary N) is 1. The van der Waals surface area contributed by atoms with Crippen molar-refractivity contribution >= 4 is 27.3 Å². The predicted octanol–water partition coefficient (Wildman–Crippen LogP) is 1.56. The maximum absolute atomic E-state index is 5.38. The Morgan fingerprint density at radius 2 is 2.40 bits per heavy atom. The van der Waals surface area contributed by atoms with Crippen LogP contribution < -0.4 is 4.86 Å². The third kappa shape index (κ3) is 0.871. The molecule has 1 heterocycles. The summed E-state index contributed by atoms with van der Waals surface area (Å²) < 4.78 is 3.85. The second-order valence-corrected chi connectivity index (χ2v) is 4.41. The van der Waals surface area contributed by atoms with Crippen LogP contribution >= 0.6 is 27.3 Å². The topological polar surface area (TPSA) is 24.4 Å². The van der Waals surface area contributed by atoms with E-state index in [1.54, 1.807) is 0 Å². The van der Waals surface area contributed by atoms with Gasteiger partial charge in [-0.15, -0.1) is 0 Å². The summed E-state index contributed by atoms with van der Waals surface area (Å²) in [5, 5.41) is 0. The average Bonchev–Trinajstić information content (AvgIpc) is 1.30. The lowest BCUT2D eigenvalue weighted by molar-refractivity contribution is 1.60. The Morgan fingerprint density at radius 1 is 2.00 bits per heavy atom. The van der Waals surface area contributed by atoms with Gasteiger partial charge in [0.25, 0.3) is 0 Å². The predicted molar refractivity (Wildman–Crippen MR) is 28.0 cm³/mol. The van der Waals surface area contributed by atoms with E-state index in [9.17, 15) is 0 Å². The van der Waals surface area contributed by atoms with Crippen LogP contribution in [-0.2, 0) is 0 Å². The molecule has 0 aromatic carbocycles. The van der Waals surface area contributed by atoms with Crippen LogP contribution in [0.15, 0.2) is 4.52 Å². The molecule has 1 rings (SSSR count). The van der Waals surface area contributed by atoms with Crippen LogP contribution in [0, 0.1) is 0 Å². The molecule has 2 unspecified atom stereocenters. The molecule has 2 nitrogen and oxygen atoms in total. The summed E-state index contributed by atoms with van der Waals surface area (Å²) in [5.41, 5.74) is 0. The fourth-order valence-electron chi connectivity index (χ4n) is 0.0982. The third-order valence-corrected chi connectivity index (χ3v) is 4.43. The van der Waals surface area contributed by atoms with Crippen molar-refractivity contribution in [1.29, 1.82) is 0 Å². The second-order valence-electron chi connectivity index (χ2n) is 0.639. The van der Waals surface area contributed by atoms with Gasteiger partial charge >= 0.3 is 0 Å². The Hall–Kier alpha value is 0.910. The Kier molecular flexibility index (Phi) is 1.28. The smallest absolute Gasteiger partial charge is 0.112 e. The van der Waals surface area contributed by atoms with Crippen molar-refractivity contribution in [2.75, 3.05) is 0 Å². The van der Waals surface area contributed by atoms with Gasteiger partial charge in [-0.3, -0.25) is 0 Å². The van der Waals surface area contributed by atoms with E-state index in [2.05, 4.69) is 9.37 Å². The minimum Gasteiger partial charge on any atom is -0.239 e. The molecule has 5 heteroatoms. The van der Waals surface area contributed by atoms with Crippen LogP contribution in [-0.4, -0.2) is 0 Å². The first-order chi connectivity index (χ1) is 2.39. The molecule has 0 saturated carbocycles. The van der Waals surface area contributed by atoms with E-state index >= 15 is 0 Å². The molecule has 0 aromatic rings. The van der Waals surface area contributed by atoms with Crippen molar-refractivity contribution < 1.29 is 0 Å². The molecule has 1 aliphatic heterocycles. The Morgan fingerprint density at radius 3 is 2.40 bits per heavy atom. The molecule has 1 N–H and O–H groups in total. The standard InChI is InChI=1S/ClH3N2P2/c1-5-2-4-3-5/h4-5H,(H,2,3). The quantitative estimate of drug-likeness (QED) is 0.492. The third-order valence-electron chi connectivity index (χ3n) is 0.313. The minimum atomic E-state index is -0.834. The van der Waals surface area contributed by atoms with Gasteiger partial charge in [-0.25, -0.2) is 9.37 Å². The highest BCUT2D eigenvalue weighted by molar-refractivity contribution is 7.85. The van der Waals surface area contributed by atoms with E-state index in [0.717, 1.165) is 0 Å². The van der Waals surface area contributed by atoms with E-state index in [1.165, 1.54) is 0 Å². The van der Waals surface area contributed by atoms with Gasteiger partial charge in [0.2, 0.25) is 0 Å². The highest BCUT2D eigenvalue weighted by Crippen LogP contribution is 2.45. The van der Waals surface area contributed by atoms with Gasteiger partial charge in [0.1, 0.15) is 7.22 Å². The van der Waals surface area contributed by atoms with Crippen molar-refractivity contribution in [3.05, 3.63) is 0 Å². The molecule has 0 fully saturated rings. The molecule has 2 atom stereocenters. The highest BCUT2D eigenvalue weighted by Gasteiger charge is 1.95. The van der Waals surface area contributed by atoms with Gasteiger partial charge in [0.05, 0.1) is 8.88 Å². The minimum absolute atomic E-state index is 0.590. The first-order valence-electron chi connectivity index (χ1n) is 1.14. The van der Waals surface area contributed by atoms with Gasteiger partial charge in [0, 0.05) is 0 Å². The average molecular weight is 128 g/mol. The van der Waals surface area contributed by atoms with Crippen LogP contribution in [0.2, 0.25) is 0 Å². The van der Waals surface area contributed by atoms with Crippen molar-refractivity contribution in [1.82, 2.24) is 4.86 Å². The van der Waals surface area contributed by atoms with Gasteiger partial charge in [-0.05, 0) is 0 Å². The summed E-state index contributed by atoms with van der Waals surface area (Å²) >= 11 is 5.38.